The van der Waals surface area contributed by atoms with Gasteiger partial charge in [-0.1, -0.05) is 24.3 Å². The van der Waals surface area contributed by atoms with Crippen LogP contribution in [-0.2, 0) is 14.3 Å². The molecule has 1 aliphatic heterocycles. The number of hydrogen-bond acceptors (Lipinski definition) is 5. The summed E-state index contributed by atoms with van der Waals surface area (Å²) in [6.45, 7) is 8.54. The molecule has 0 bridgehead atoms. The van der Waals surface area contributed by atoms with E-state index in [0.29, 0.717) is 30.9 Å². The lowest BCUT2D eigenvalue weighted by Crippen LogP contribution is -2.31. The van der Waals surface area contributed by atoms with E-state index in [4.69, 9.17) is 9.47 Å². The number of likely N-dealkylation sites (tertiary alicyclic amines) is 1. The minimum absolute atomic E-state index is 0.0200. The van der Waals surface area contributed by atoms with Gasteiger partial charge in [-0.3, -0.25) is 9.59 Å². The molecule has 170 valence electrons. The number of nitrogens with zero attached hydrogens (tertiary/aromatic N) is 1. The van der Waals surface area contributed by atoms with E-state index >= 15 is 0 Å². The summed E-state index contributed by atoms with van der Waals surface area (Å²) in [6, 6.07) is 12.2. The van der Waals surface area contributed by atoms with Crippen LogP contribution in [0.5, 0.6) is 5.75 Å². The highest BCUT2D eigenvalue weighted by Gasteiger charge is 2.46. The molecule has 1 atom stereocenters. The summed E-state index contributed by atoms with van der Waals surface area (Å²) in [7, 11) is 1.60. The third-order valence-electron chi connectivity index (χ3n) is 5.58. The molecule has 1 fully saturated rings. The average molecular weight is 438 g/mol. The Kier molecular flexibility index (Phi) is 7.36. The van der Waals surface area contributed by atoms with Gasteiger partial charge in [0.2, 0.25) is 0 Å². The summed E-state index contributed by atoms with van der Waals surface area (Å²) in [5, 5.41) is 11.2. The first-order valence-electron chi connectivity index (χ1n) is 10.9. The molecule has 1 saturated heterocycles. The van der Waals surface area contributed by atoms with Crippen LogP contribution in [0.25, 0.3) is 5.76 Å². The van der Waals surface area contributed by atoms with E-state index in [2.05, 4.69) is 0 Å². The monoisotopic (exact) mass is 437 g/mol. The number of ether oxygens (including phenoxy) is 2. The fraction of sp³-hybridized carbons (Fsp3) is 0.385. The molecule has 6 heteroatoms. The molecule has 0 aromatic heterocycles. The maximum Gasteiger partial charge on any atom is 0.295 e. The fourth-order valence-electron chi connectivity index (χ4n) is 4.05. The first kappa shape index (κ1) is 23.5. The van der Waals surface area contributed by atoms with Gasteiger partial charge in [0.1, 0.15) is 11.5 Å². The standard InChI is InChI=1S/C26H31NO5/c1-16(2)32-21-12-11-19(15-18(21)4)24(28)22-23(20-10-7-6-9-17(20)3)27(13-8-14-31-5)26(30)25(22)29/h6-7,9-12,15-16,23,28H,8,13-14H2,1-5H3/b24-22+. The number of methoxy groups -OCH3 is 1. The lowest BCUT2D eigenvalue weighted by molar-refractivity contribution is -0.140. The summed E-state index contributed by atoms with van der Waals surface area (Å²) in [5.74, 6) is -0.738. The second kappa shape index (κ2) is 10.0. The van der Waals surface area contributed by atoms with Crippen molar-refractivity contribution in [3.8, 4) is 5.75 Å². The van der Waals surface area contributed by atoms with Gasteiger partial charge >= 0.3 is 0 Å². The van der Waals surface area contributed by atoms with Crippen LogP contribution in [-0.4, -0.2) is 48.1 Å². The molecule has 0 radical (unpaired) electrons. The van der Waals surface area contributed by atoms with Gasteiger partial charge in [0.05, 0.1) is 17.7 Å². The lowest BCUT2D eigenvalue weighted by Gasteiger charge is -2.26. The largest absolute Gasteiger partial charge is 0.507 e. The molecular weight excluding hydrogens is 406 g/mol. The Balaban J connectivity index is 2.11. The highest BCUT2D eigenvalue weighted by molar-refractivity contribution is 6.46. The van der Waals surface area contributed by atoms with Crippen LogP contribution in [0.4, 0.5) is 0 Å². The van der Waals surface area contributed by atoms with Crippen LogP contribution < -0.4 is 4.74 Å². The van der Waals surface area contributed by atoms with Gasteiger partial charge in [0.15, 0.2) is 0 Å². The van der Waals surface area contributed by atoms with Crippen LogP contribution in [0.2, 0.25) is 0 Å². The molecule has 6 nitrogen and oxygen atoms in total. The van der Waals surface area contributed by atoms with Crippen LogP contribution >= 0.6 is 0 Å². The van der Waals surface area contributed by atoms with E-state index in [1.165, 1.54) is 0 Å². The Bertz CT molecular complexity index is 1040. The van der Waals surface area contributed by atoms with E-state index in [1.807, 2.05) is 52.0 Å². The van der Waals surface area contributed by atoms with Crippen molar-refractivity contribution in [2.75, 3.05) is 20.3 Å². The zero-order chi connectivity index (χ0) is 23.4. The molecule has 32 heavy (non-hydrogen) atoms. The number of Topliss-reactive ketones (excluding diaryl/α,β-unsaturated/α-hetero) is 1. The third-order valence-corrected chi connectivity index (χ3v) is 5.58. The predicted molar refractivity (Wildman–Crippen MR) is 124 cm³/mol. The molecule has 0 saturated carbocycles. The van der Waals surface area contributed by atoms with Gasteiger partial charge in [-0.05, 0) is 69.0 Å². The molecule has 2 aromatic carbocycles. The number of carbonyl (C=O) groups is 2. The topological polar surface area (TPSA) is 76.1 Å². The average Bonchev–Trinajstić information content (AvgIpc) is 3.00. The molecule has 0 spiro atoms. The molecule has 3 rings (SSSR count). The number of ketones is 1. The normalized spacial score (nSPS) is 17.9. The Labute approximate surface area is 189 Å². The number of benzene rings is 2. The number of aliphatic hydroxyl groups excluding tert-OH is 1. The van der Waals surface area contributed by atoms with Crippen molar-refractivity contribution in [1.82, 2.24) is 4.90 Å². The van der Waals surface area contributed by atoms with Crippen LogP contribution in [0.15, 0.2) is 48.0 Å². The Morgan fingerprint density at radius 1 is 1.09 bits per heavy atom. The van der Waals surface area contributed by atoms with Gasteiger partial charge in [0.25, 0.3) is 11.7 Å². The van der Waals surface area contributed by atoms with E-state index in [1.54, 1.807) is 30.2 Å². The molecule has 1 unspecified atom stereocenters. The Hall–Kier alpha value is -3.12. The first-order valence-corrected chi connectivity index (χ1v) is 10.9. The van der Waals surface area contributed by atoms with Crippen LogP contribution in [0.3, 0.4) is 0 Å². The van der Waals surface area contributed by atoms with Gasteiger partial charge in [-0.25, -0.2) is 0 Å². The number of carbonyl (C=O) groups excluding carboxylic acids is 2. The van der Waals surface area contributed by atoms with Crippen molar-refractivity contribution < 1.29 is 24.2 Å². The molecule has 1 N–H and O–H groups in total. The quantitative estimate of drug-likeness (QED) is 0.284. The zero-order valence-corrected chi connectivity index (χ0v) is 19.3. The van der Waals surface area contributed by atoms with Crippen molar-refractivity contribution in [3.05, 3.63) is 70.3 Å². The highest BCUT2D eigenvalue weighted by Crippen LogP contribution is 2.41. The van der Waals surface area contributed by atoms with Crippen molar-refractivity contribution in [1.29, 1.82) is 0 Å². The second-order valence-corrected chi connectivity index (χ2v) is 8.34. The predicted octanol–water partition coefficient (Wildman–Crippen LogP) is 4.55. The molecule has 0 aliphatic carbocycles. The second-order valence-electron chi connectivity index (χ2n) is 8.34. The SMILES string of the molecule is COCCCN1C(=O)C(=O)/C(=C(/O)c2ccc(OC(C)C)c(C)c2)C1c1ccccc1C. The summed E-state index contributed by atoms with van der Waals surface area (Å²) < 4.78 is 10.9. The number of aliphatic hydroxyl groups is 1. The molecule has 1 heterocycles. The van der Waals surface area contributed by atoms with Crippen LogP contribution in [0, 0.1) is 13.8 Å². The van der Waals surface area contributed by atoms with E-state index in [0.717, 1.165) is 16.7 Å². The van der Waals surface area contributed by atoms with Crippen molar-refractivity contribution in [3.63, 3.8) is 0 Å². The van der Waals surface area contributed by atoms with E-state index in [-0.39, 0.29) is 17.4 Å². The summed E-state index contributed by atoms with van der Waals surface area (Å²) in [4.78, 5) is 27.6. The molecule has 1 aliphatic rings. The maximum absolute atomic E-state index is 13.1. The number of amides is 1. The van der Waals surface area contributed by atoms with E-state index < -0.39 is 17.7 Å². The van der Waals surface area contributed by atoms with Crippen LogP contribution in [0.1, 0.15) is 48.6 Å². The molecular formula is C26H31NO5. The third kappa shape index (κ3) is 4.70. The van der Waals surface area contributed by atoms with Gasteiger partial charge in [-0.2, -0.15) is 0 Å². The molecule has 2 aromatic rings. The van der Waals surface area contributed by atoms with Crippen molar-refractivity contribution in [2.24, 2.45) is 0 Å². The Morgan fingerprint density at radius 2 is 1.81 bits per heavy atom. The van der Waals surface area contributed by atoms with Gasteiger partial charge in [-0.15, -0.1) is 0 Å². The number of hydrogen-bond donors (Lipinski definition) is 1. The summed E-state index contributed by atoms with van der Waals surface area (Å²) in [5.41, 5.74) is 3.19. The molecule has 1 amide bonds. The maximum atomic E-state index is 13.1. The smallest absolute Gasteiger partial charge is 0.295 e. The van der Waals surface area contributed by atoms with Gasteiger partial charge < -0.3 is 19.5 Å². The number of aryl methyl sites for hydroxylation is 2. The fourth-order valence-corrected chi connectivity index (χ4v) is 4.05. The minimum atomic E-state index is -0.673. The lowest BCUT2D eigenvalue weighted by atomic mass is 9.92. The van der Waals surface area contributed by atoms with Crippen molar-refractivity contribution in [2.45, 2.75) is 46.3 Å². The summed E-state index contributed by atoms with van der Waals surface area (Å²) >= 11 is 0. The highest BCUT2D eigenvalue weighted by atomic mass is 16.5. The van der Waals surface area contributed by atoms with Gasteiger partial charge in [0, 0.05) is 25.8 Å². The van der Waals surface area contributed by atoms with Crippen molar-refractivity contribution >= 4 is 17.4 Å². The number of rotatable bonds is 8. The zero-order valence-electron chi connectivity index (χ0n) is 19.3. The Morgan fingerprint density at radius 3 is 2.44 bits per heavy atom. The van der Waals surface area contributed by atoms with E-state index in [9.17, 15) is 14.7 Å². The summed E-state index contributed by atoms with van der Waals surface area (Å²) in [6.07, 6.45) is 0.610. The minimum Gasteiger partial charge on any atom is -0.507 e. The first-order chi connectivity index (χ1) is 15.3.